The number of halogens is 1. The Bertz CT molecular complexity index is 832. The average Bonchev–Trinajstić information content (AvgIpc) is 2.64. The Balaban J connectivity index is 1.49. The van der Waals surface area contributed by atoms with Crippen LogP contribution in [-0.2, 0) is 10.0 Å². The summed E-state index contributed by atoms with van der Waals surface area (Å²) in [6, 6.07) is 13.4. The Morgan fingerprint density at radius 3 is 2.31 bits per heavy atom. The summed E-state index contributed by atoms with van der Waals surface area (Å²) in [5.41, 5.74) is 1.18. The van der Waals surface area contributed by atoms with Gasteiger partial charge < -0.3 is 4.74 Å². The predicted octanol–water partition coefficient (Wildman–Crippen LogP) is 2.52. The van der Waals surface area contributed by atoms with E-state index in [0.717, 1.165) is 12.3 Å². The first-order valence-corrected chi connectivity index (χ1v) is 10.1. The van der Waals surface area contributed by atoms with E-state index in [1.165, 1.54) is 34.1 Å². The molecule has 2 aromatic carbocycles. The molecule has 0 aromatic heterocycles. The second kappa shape index (κ2) is 8.16. The number of benzene rings is 2. The van der Waals surface area contributed by atoms with Gasteiger partial charge >= 0.3 is 0 Å². The molecule has 0 spiro atoms. The van der Waals surface area contributed by atoms with Crippen LogP contribution in [0.15, 0.2) is 53.4 Å². The van der Waals surface area contributed by atoms with Crippen LogP contribution in [0.1, 0.15) is 5.56 Å². The molecule has 2 aromatic rings. The van der Waals surface area contributed by atoms with E-state index in [1.807, 2.05) is 31.2 Å². The first-order valence-electron chi connectivity index (χ1n) is 8.63. The molecule has 140 valence electrons. The number of aryl methyl sites for hydroxylation is 1. The molecule has 1 fully saturated rings. The fourth-order valence-electron chi connectivity index (χ4n) is 2.91. The molecule has 0 bridgehead atoms. The molecule has 3 rings (SSSR count). The van der Waals surface area contributed by atoms with Crippen LogP contribution in [0.5, 0.6) is 5.75 Å². The van der Waals surface area contributed by atoms with Gasteiger partial charge in [0.05, 0.1) is 0 Å². The summed E-state index contributed by atoms with van der Waals surface area (Å²) in [5.74, 6) is 0.123. The normalized spacial score (nSPS) is 16.5. The van der Waals surface area contributed by atoms with E-state index in [-0.39, 0.29) is 4.90 Å². The van der Waals surface area contributed by atoms with Crippen molar-refractivity contribution in [2.75, 3.05) is 39.3 Å². The molecule has 7 heteroatoms. The summed E-state index contributed by atoms with van der Waals surface area (Å²) in [7, 11) is -3.78. The number of rotatable bonds is 6. The van der Waals surface area contributed by atoms with Gasteiger partial charge in [0.2, 0.25) is 10.0 Å². The highest BCUT2D eigenvalue weighted by Crippen LogP contribution is 2.20. The molecule has 1 heterocycles. The fourth-order valence-corrected chi connectivity index (χ4v) is 4.40. The minimum atomic E-state index is -3.78. The molecule has 5 nitrogen and oxygen atoms in total. The van der Waals surface area contributed by atoms with Crippen molar-refractivity contribution in [1.29, 1.82) is 0 Å². The lowest BCUT2D eigenvalue weighted by Crippen LogP contribution is -2.49. The zero-order chi connectivity index (χ0) is 18.6. The van der Waals surface area contributed by atoms with Gasteiger partial charge in [-0.25, -0.2) is 12.8 Å². The topological polar surface area (TPSA) is 49.9 Å². The van der Waals surface area contributed by atoms with E-state index in [0.29, 0.717) is 32.8 Å². The summed E-state index contributed by atoms with van der Waals surface area (Å²) in [4.78, 5) is 1.90. The number of ether oxygens (including phenoxy) is 1. The van der Waals surface area contributed by atoms with Gasteiger partial charge in [0.25, 0.3) is 0 Å². The van der Waals surface area contributed by atoms with Gasteiger partial charge in [-0.3, -0.25) is 4.90 Å². The van der Waals surface area contributed by atoms with Crippen LogP contribution >= 0.6 is 0 Å². The van der Waals surface area contributed by atoms with E-state index in [9.17, 15) is 12.8 Å². The summed E-state index contributed by atoms with van der Waals surface area (Å²) in [5, 5.41) is 0. The van der Waals surface area contributed by atoms with Gasteiger partial charge in [0.1, 0.15) is 23.1 Å². The molecular weight excluding hydrogens is 355 g/mol. The van der Waals surface area contributed by atoms with Gasteiger partial charge in [0.15, 0.2) is 0 Å². The highest BCUT2D eigenvalue weighted by Gasteiger charge is 2.30. The van der Waals surface area contributed by atoms with Crippen LogP contribution in [0.25, 0.3) is 0 Å². The maximum atomic E-state index is 13.8. The van der Waals surface area contributed by atoms with Gasteiger partial charge in [-0.05, 0) is 31.2 Å². The lowest BCUT2D eigenvalue weighted by Gasteiger charge is -2.33. The molecular formula is C19H23FN2O3S. The lowest BCUT2D eigenvalue weighted by molar-refractivity contribution is 0.158. The average molecular weight is 378 g/mol. The highest BCUT2D eigenvalue weighted by atomic mass is 32.2. The van der Waals surface area contributed by atoms with Crippen LogP contribution in [0, 0.1) is 12.7 Å². The molecule has 0 aliphatic carbocycles. The number of hydrogen-bond acceptors (Lipinski definition) is 4. The fraction of sp³-hybridized carbons (Fsp3) is 0.368. The number of sulfonamides is 1. The first kappa shape index (κ1) is 18.8. The van der Waals surface area contributed by atoms with Crippen LogP contribution in [0.4, 0.5) is 4.39 Å². The maximum absolute atomic E-state index is 13.8. The number of piperazine rings is 1. The Morgan fingerprint density at radius 1 is 1.00 bits per heavy atom. The maximum Gasteiger partial charge on any atom is 0.246 e. The Kier molecular flexibility index (Phi) is 5.90. The zero-order valence-corrected chi connectivity index (χ0v) is 15.6. The quantitative estimate of drug-likeness (QED) is 0.775. The van der Waals surface area contributed by atoms with Crippen molar-refractivity contribution < 1.29 is 17.5 Å². The first-order chi connectivity index (χ1) is 12.5. The summed E-state index contributed by atoms with van der Waals surface area (Å²) >= 11 is 0. The van der Waals surface area contributed by atoms with E-state index < -0.39 is 15.8 Å². The molecule has 0 atom stereocenters. The monoisotopic (exact) mass is 378 g/mol. The van der Waals surface area contributed by atoms with Crippen molar-refractivity contribution >= 4 is 10.0 Å². The Hall–Kier alpha value is -1.96. The van der Waals surface area contributed by atoms with E-state index in [4.69, 9.17) is 4.74 Å². The second-order valence-electron chi connectivity index (χ2n) is 6.34. The molecule has 0 unspecified atom stereocenters. The molecule has 26 heavy (non-hydrogen) atoms. The largest absolute Gasteiger partial charge is 0.492 e. The van der Waals surface area contributed by atoms with Crippen LogP contribution in [0.2, 0.25) is 0 Å². The van der Waals surface area contributed by atoms with Crippen molar-refractivity contribution in [3.63, 3.8) is 0 Å². The standard InChI is InChI=1S/C19H23FN2O3S/c1-16-6-8-17(9-7-16)25-15-14-21-10-12-22(13-11-21)26(23,24)19-5-3-2-4-18(19)20/h2-9H,10-15H2,1H3. The third-order valence-electron chi connectivity index (χ3n) is 4.48. The van der Waals surface area contributed by atoms with Gasteiger partial charge in [0, 0.05) is 32.7 Å². The SMILES string of the molecule is Cc1ccc(OCCN2CCN(S(=O)(=O)c3ccccc3F)CC2)cc1. The highest BCUT2D eigenvalue weighted by molar-refractivity contribution is 7.89. The summed E-state index contributed by atoms with van der Waals surface area (Å²) in [6.45, 7) is 5.20. The van der Waals surface area contributed by atoms with Gasteiger partial charge in [-0.1, -0.05) is 29.8 Å². The van der Waals surface area contributed by atoms with Crippen molar-refractivity contribution in [1.82, 2.24) is 9.21 Å². The number of hydrogen-bond donors (Lipinski definition) is 0. The van der Waals surface area contributed by atoms with Gasteiger partial charge in [-0.15, -0.1) is 0 Å². The van der Waals surface area contributed by atoms with E-state index >= 15 is 0 Å². The molecule has 1 aliphatic rings. The van der Waals surface area contributed by atoms with Crippen LogP contribution in [-0.4, -0.2) is 57.0 Å². The minimum absolute atomic E-state index is 0.254. The minimum Gasteiger partial charge on any atom is -0.492 e. The van der Waals surface area contributed by atoms with Crippen LogP contribution in [0.3, 0.4) is 0 Å². The smallest absolute Gasteiger partial charge is 0.246 e. The van der Waals surface area contributed by atoms with Crippen molar-refractivity contribution in [3.05, 3.63) is 59.9 Å². The van der Waals surface area contributed by atoms with Crippen molar-refractivity contribution in [3.8, 4) is 5.75 Å². The van der Waals surface area contributed by atoms with E-state index in [2.05, 4.69) is 4.90 Å². The van der Waals surface area contributed by atoms with Crippen LogP contribution < -0.4 is 4.74 Å². The lowest BCUT2D eigenvalue weighted by atomic mass is 10.2. The molecule has 1 aliphatic heterocycles. The molecule has 1 saturated heterocycles. The molecule has 0 saturated carbocycles. The Labute approximate surface area is 154 Å². The third kappa shape index (κ3) is 4.41. The zero-order valence-electron chi connectivity index (χ0n) is 14.8. The second-order valence-corrected chi connectivity index (χ2v) is 8.24. The van der Waals surface area contributed by atoms with Gasteiger partial charge in [-0.2, -0.15) is 4.31 Å². The third-order valence-corrected chi connectivity index (χ3v) is 6.41. The number of nitrogens with zero attached hydrogens (tertiary/aromatic N) is 2. The summed E-state index contributed by atoms with van der Waals surface area (Å²) in [6.07, 6.45) is 0. The van der Waals surface area contributed by atoms with Crippen molar-refractivity contribution in [2.24, 2.45) is 0 Å². The van der Waals surface area contributed by atoms with Crippen molar-refractivity contribution in [2.45, 2.75) is 11.8 Å². The molecule has 0 amide bonds. The molecule has 0 N–H and O–H groups in total. The Morgan fingerprint density at radius 2 is 1.65 bits per heavy atom. The van der Waals surface area contributed by atoms with E-state index in [1.54, 1.807) is 0 Å². The molecule has 0 radical (unpaired) electrons. The predicted molar refractivity (Wildman–Crippen MR) is 98.3 cm³/mol. The summed E-state index contributed by atoms with van der Waals surface area (Å²) < 4.78 is 46.1.